The number of rotatable bonds is 7. The van der Waals surface area contributed by atoms with Gasteiger partial charge in [-0.3, -0.25) is 9.69 Å². The number of likely N-dealkylation sites (tertiary alicyclic amines) is 1. The van der Waals surface area contributed by atoms with E-state index in [4.69, 9.17) is 0 Å². The third-order valence-electron chi connectivity index (χ3n) is 5.58. The first-order valence-corrected chi connectivity index (χ1v) is 11.4. The summed E-state index contributed by atoms with van der Waals surface area (Å²) < 4.78 is 28.5. The van der Waals surface area contributed by atoms with Crippen LogP contribution in [-0.4, -0.2) is 54.3 Å². The number of amides is 1. The van der Waals surface area contributed by atoms with Gasteiger partial charge in [0.1, 0.15) is 0 Å². The summed E-state index contributed by atoms with van der Waals surface area (Å²) in [6.45, 7) is 4.86. The molecule has 1 aromatic heterocycles. The molecule has 3 rings (SSSR count). The fourth-order valence-corrected chi connectivity index (χ4v) is 5.08. The van der Waals surface area contributed by atoms with Crippen molar-refractivity contribution in [2.24, 2.45) is 7.05 Å². The summed E-state index contributed by atoms with van der Waals surface area (Å²) in [5.74, 6) is -0.0963. The monoisotopic (exact) mass is 418 g/mol. The normalized spacial score (nSPS) is 17.9. The number of hydrogen-bond donors (Lipinski definition) is 1. The van der Waals surface area contributed by atoms with Crippen molar-refractivity contribution in [1.29, 1.82) is 0 Å². The number of carbonyl (C=O) groups excluding carboxylic acids is 1. The third kappa shape index (κ3) is 4.71. The minimum atomic E-state index is -3.53. The molecule has 0 unspecified atom stereocenters. The number of hydrogen-bond acceptors (Lipinski definition) is 4. The van der Waals surface area contributed by atoms with E-state index in [1.165, 1.54) is 22.1 Å². The molecule has 0 saturated carbocycles. The Bertz CT molecular complexity index is 951. The number of nitrogens with one attached hydrogen (secondary N) is 1. The largest absolute Gasteiger partial charge is 0.353 e. The fourth-order valence-electron chi connectivity index (χ4n) is 3.71. The van der Waals surface area contributed by atoms with Crippen LogP contribution in [0, 0.1) is 0 Å². The van der Waals surface area contributed by atoms with Crippen molar-refractivity contribution in [2.75, 3.05) is 25.5 Å². The molecule has 1 N–H and O–H groups in total. The topological polar surface area (TPSA) is 74.7 Å². The average molecular weight is 419 g/mol. The minimum Gasteiger partial charge on any atom is -0.353 e. The third-order valence-corrected chi connectivity index (χ3v) is 7.63. The Labute approximate surface area is 173 Å². The van der Waals surface area contributed by atoms with Gasteiger partial charge < -0.3 is 9.88 Å². The van der Waals surface area contributed by atoms with Gasteiger partial charge in [0.2, 0.25) is 15.9 Å². The maximum Gasteiger partial charge on any atom is 0.243 e. The van der Waals surface area contributed by atoms with E-state index in [9.17, 15) is 13.2 Å². The molecule has 7 nitrogen and oxygen atoms in total. The number of anilines is 1. The molecule has 1 fully saturated rings. The molecular formula is C21H30N4O3S. The predicted molar refractivity (Wildman–Crippen MR) is 114 cm³/mol. The van der Waals surface area contributed by atoms with Crippen molar-refractivity contribution in [3.05, 3.63) is 48.3 Å². The molecule has 1 atom stereocenters. The zero-order valence-corrected chi connectivity index (χ0v) is 18.3. The molecule has 0 bridgehead atoms. The van der Waals surface area contributed by atoms with Gasteiger partial charge in [0, 0.05) is 37.7 Å². The lowest BCUT2D eigenvalue weighted by Gasteiger charge is -2.24. The molecular weight excluding hydrogens is 388 g/mol. The zero-order chi connectivity index (χ0) is 21.2. The van der Waals surface area contributed by atoms with Crippen LogP contribution >= 0.6 is 0 Å². The summed E-state index contributed by atoms with van der Waals surface area (Å²) in [7, 11) is 0.0619. The molecule has 1 aliphatic heterocycles. The van der Waals surface area contributed by atoms with Gasteiger partial charge in [-0.2, -0.15) is 4.31 Å². The van der Waals surface area contributed by atoms with E-state index >= 15 is 0 Å². The Hall–Kier alpha value is -2.16. The Morgan fingerprint density at radius 3 is 2.52 bits per heavy atom. The molecule has 1 saturated heterocycles. The molecule has 1 amide bonds. The first-order chi connectivity index (χ1) is 13.7. The summed E-state index contributed by atoms with van der Waals surface area (Å²) in [6, 6.07) is 10.6. The smallest absolute Gasteiger partial charge is 0.243 e. The van der Waals surface area contributed by atoms with Gasteiger partial charge in [0.15, 0.2) is 0 Å². The molecule has 29 heavy (non-hydrogen) atoms. The number of nitrogens with zero attached hydrogens (tertiary/aromatic N) is 3. The molecule has 8 heteroatoms. The number of aryl methyl sites for hydroxylation is 1. The molecule has 0 spiro atoms. The second-order valence-corrected chi connectivity index (χ2v) is 9.86. The van der Waals surface area contributed by atoms with E-state index in [1.54, 1.807) is 19.2 Å². The van der Waals surface area contributed by atoms with Crippen molar-refractivity contribution in [2.45, 2.75) is 43.7 Å². The van der Waals surface area contributed by atoms with Crippen LogP contribution in [-0.2, 0) is 21.9 Å². The second kappa shape index (κ2) is 8.69. The summed E-state index contributed by atoms with van der Waals surface area (Å²) in [5.41, 5.74) is 1.81. The van der Waals surface area contributed by atoms with Crippen LogP contribution in [0.4, 0.5) is 5.69 Å². The molecule has 1 aromatic carbocycles. The maximum absolute atomic E-state index is 12.6. The van der Waals surface area contributed by atoms with Gasteiger partial charge in [-0.25, -0.2) is 8.42 Å². The Morgan fingerprint density at radius 1 is 1.24 bits per heavy atom. The molecule has 158 valence electrons. The number of sulfonamides is 1. The van der Waals surface area contributed by atoms with E-state index in [1.807, 2.05) is 33.2 Å². The number of aromatic nitrogens is 1. The van der Waals surface area contributed by atoms with Crippen molar-refractivity contribution in [3.8, 4) is 0 Å². The summed E-state index contributed by atoms with van der Waals surface area (Å²) in [6.07, 6.45) is 4.14. The van der Waals surface area contributed by atoms with Crippen LogP contribution in [0.5, 0.6) is 0 Å². The first kappa shape index (κ1) is 21.5. The average Bonchev–Trinajstić information content (AvgIpc) is 3.29. The van der Waals surface area contributed by atoms with E-state index in [0.29, 0.717) is 12.2 Å². The van der Waals surface area contributed by atoms with Crippen LogP contribution in [0.2, 0.25) is 0 Å². The lowest BCUT2D eigenvalue weighted by Crippen LogP contribution is -2.33. The molecule has 2 heterocycles. The van der Waals surface area contributed by atoms with Crippen molar-refractivity contribution in [1.82, 2.24) is 13.8 Å². The van der Waals surface area contributed by atoms with E-state index in [-0.39, 0.29) is 22.9 Å². The van der Waals surface area contributed by atoms with Gasteiger partial charge in [0.25, 0.3) is 0 Å². The van der Waals surface area contributed by atoms with Gasteiger partial charge in [0.05, 0.1) is 17.5 Å². The molecule has 2 aromatic rings. The highest BCUT2D eigenvalue weighted by atomic mass is 32.2. The summed E-state index contributed by atoms with van der Waals surface area (Å²) in [4.78, 5) is 15.0. The molecule has 0 radical (unpaired) electrons. The van der Waals surface area contributed by atoms with Crippen LogP contribution in [0.1, 0.15) is 38.4 Å². The SMILES string of the molecule is CC(C)N(C)S(=O)(=O)c1ccc(NC(=O)CN2CCC[C@@H]2c2cccn2C)cc1. The second-order valence-electron chi connectivity index (χ2n) is 7.86. The van der Waals surface area contributed by atoms with Gasteiger partial charge in [-0.1, -0.05) is 0 Å². The summed E-state index contributed by atoms with van der Waals surface area (Å²) in [5, 5.41) is 2.88. The minimum absolute atomic E-state index is 0.0963. The number of benzene rings is 1. The quantitative estimate of drug-likeness (QED) is 0.750. The molecule has 1 aliphatic rings. The first-order valence-electron chi connectivity index (χ1n) is 9.93. The fraction of sp³-hybridized carbons (Fsp3) is 0.476. The van der Waals surface area contributed by atoms with Crippen molar-refractivity contribution in [3.63, 3.8) is 0 Å². The summed E-state index contributed by atoms with van der Waals surface area (Å²) >= 11 is 0. The Balaban J connectivity index is 1.63. The maximum atomic E-state index is 12.6. The van der Waals surface area contributed by atoms with Crippen molar-refractivity contribution < 1.29 is 13.2 Å². The van der Waals surface area contributed by atoms with E-state index < -0.39 is 10.0 Å². The van der Waals surface area contributed by atoms with Crippen LogP contribution in [0.3, 0.4) is 0 Å². The predicted octanol–water partition coefficient (Wildman–Crippen LogP) is 2.83. The van der Waals surface area contributed by atoms with E-state index in [0.717, 1.165) is 19.4 Å². The van der Waals surface area contributed by atoms with E-state index in [2.05, 4.69) is 20.9 Å². The van der Waals surface area contributed by atoms with Crippen LogP contribution in [0.15, 0.2) is 47.5 Å². The van der Waals surface area contributed by atoms with Crippen LogP contribution in [0.25, 0.3) is 0 Å². The standard InChI is InChI=1S/C21H30N4O3S/c1-16(2)24(4)29(27,28)18-11-9-17(10-12-18)22-21(26)15-25-14-6-8-20(25)19-7-5-13-23(19)3/h5,7,9-13,16,20H,6,8,14-15H2,1-4H3,(H,22,26)/t20-/m1/s1. The highest BCUT2D eigenvalue weighted by molar-refractivity contribution is 7.89. The van der Waals surface area contributed by atoms with Gasteiger partial charge in [-0.05, 0) is 69.6 Å². The van der Waals surface area contributed by atoms with Crippen LogP contribution < -0.4 is 5.32 Å². The lowest BCUT2D eigenvalue weighted by molar-refractivity contribution is -0.117. The highest BCUT2D eigenvalue weighted by Crippen LogP contribution is 2.31. The number of carbonyl (C=O) groups is 1. The van der Waals surface area contributed by atoms with Gasteiger partial charge in [-0.15, -0.1) is 0 Å². The molecule has 0 aliphatic carbocycles. The van der Waals surface area contributed by atoms with Crippen molar-refractivity contribution >= 4 is 21.6 Å². The lowest BCUT2D eigenvalue weighted by atomic mass is 10.1. The Morgan fingerprint density at radius 2 is 1.93 bits per heavy atom. The Kier molecular flexibility index (Phi) is 6.45. The zero-order valence-electron chi connectivity index (χ0n) is 17.5. The highest BCUT2D eigenvalue weighted by Gasteiger charge is 2.29. The van der Waals surface area contributed by atoms with Gasteiger partial charge >= 0.3 is 0 Å².